The van der Waals surface area contributed by atoms with Crippen molar-refractivity contribution in [3.8, 4) is 0 Å². The van der Waals surface area contributed by atoms with E-state index in [-0.39, 0.29) is 21.6 Å². The molecule has 1 atom stereocenters. The number of carbonyl (C=O) groups is 2. The summed E-state index contributed by atoms with van der Waals surface area (Å²) < 4.78 is 4.92. The lowest BCUT2D eigenvalue weighted by molar-refractivity contribution is -0.142. The maximum absolute atomic E-state index is 12.4. The first-order chi connectivity index (χ1) is 9.52. The number of rotatable bonds is 5. The van der Waals surface area contributed by atoms with Crippen LogP contribution in [0, 0.1) is 0 Å². The van der Waals surface area contributed by atoms with Crippen LogP contribution in [0.4, 0.5) is 0 Å². The molecule has 108 valence electrons. The quantitative estimate of drug-likeness (QED) is 0.473. The standard InChI is InChI=1S/C13H15BrN2O4/c1-20-13(19)10(16-8-3-2-4-8)11(17)7-5-9(14)12(18)15-6-7/h5-6,8,10,16H,2-4H2,1H3,(H,15,18). The predicted molar refractivity (Wildman–Crippen MR) is 75.7 cm³/mol. The van der Waals surface area contributed by atoms with Crippen LogP contribution in [0.3, 0.4) is 0 Å². The SMILES string of the molecule is COC(=O)C(NC1CCC1)C(=O)c1c[nH]c(=O)c(Br)c1. The second-order valence-corrected chi connectivity index (χ2v) is 5.53. The van der Waals surface area contributed by atoms with Gasteiger partial charge in [0.1, 0.15) is 0 Å². The van der Waals surface area contributed by atoms with Gasteiger partial charge in [-0.1, -0.05) is 6.42 Å². The first-order valence-corrected chi connectivity index (χ1v) is 7.08. The molecule has 0 bridgehead atoms. The van der Waals surface area contributed by atoms with E-state index in [0.717, 1.165) is 19.3 Å². The van der Waals surface area contributed by atoms with Crippen molar-refractivity contribution < 1.29 is 14.3 Å². The number of hydrogen-bond donors (Lipinski definition) is 2. The number of esters is 1. The van der Waals surface area contributed by atoms with Crippen molar-refractivity contribution in [2.24, 2.45) is 0 Å². The number of ether oxygens (including phenoxy) is 1. The van der Waals surface area contributed by atoms with Gasteiger partial charge in [0.15, 0.2) is 11.8 Å². The molecule has 1 heterocycles. The third-order valence-electron chi connectivity index (χ3n) is 3.35. The van der Waals surface area contributed by atoms with Crippen LogP contribution in [-0.4, -0.2) is 35.9 Å². The van der Waals surface area contributed by atoms with Crippen LogP contribution >= 0.6 is 15.9 Å². The van der Waals surface area contributed by atoms with Crippen molar-refractivity contribution in [3.05, 3.63) is 32.7 Å². The van der Waals surface area contributed by atoms with Crippen molar-refractivity contribution in [1.82, 2.24) is 10.3 Å². The molecule has 1 unspecified atom stereocenters. The summed E-state index contributed by atoms with van der Waals surface area (Å²) in [5, 5.41) is 3.01. The molecule has 0 amide bonds. The minimum Gasteiger partial charge on any atom is -0.468 e. The third kappa shape index (κ3) is 3.16. The minimum atomic E-state index is -1.04. The number of halogens is 1. The summed E-state index contributed by atoms with van der Waals surface area (Å²) in [5.74, 6) is -1.04. The Morgan fingerprint density at radius 2 is 2.20 bits per heavy atom. The van der Waals surface area contributed by atoms with E-state index in [0.29, 0.717) is 0 Å². The normalized spacial score (nSPS) is 16.3. The van der Waals surface area contributed by atoms with Gasteiger partial charge < -0.3 is 9.72 Å². The second kappa shape index (κ2) is 6.32. The van der Waals surface area contributed by atoms with Gasteiger partial charge in [-0.25, -0.2) is 4.79 Å². The number of carbonyl (C=O) groups excluding carboxylic acids is 2. The minimum absolute atomic E-state index is 0.161. The molecule has 1 saturated carbocycles. The van der Waals surface area contributed by atoms with Gasteiger partial charge in [0.25, 0.3) is 5.56 Å². The molecule has 1 aliphatic carbocycles. The number of methoxy groups -OCH3 is 1. The van der Waals surface area contributed by atoms with Gasteiger partial charge in [0.05, 0.1) is 11.6 Å². The average molecular weight is 343 g/mol. The van der Waals surface area contributed by atoms with E-state index in [1.165, 1.54) is 19.4 Å². The molecule has 1 fully saturated rings. The van der Waals surface area contributed by atoms with Gasteiger partial charge in [-0.15, -0.1) is 0 Å². The fourth-order valence-corrected chi connectivity index (χ4v) is 2.31. The maximum Gasteiger partial charge on any atom is 0.331 e. The Bertz CT molecular complexity index is 580. The zero-order valence-corrected chi connectivity index (χ0v) is 12.5. The Hall–Kier alpha value is -1.47. The fourth-order valence-electron chi connectivity index (χ4n) is 1.94. The highest BCUT2D eigenvalue weighted by Crippen LogP contribution is 2.20. The van der Waals surface area contributed by atoms with Crippen LogP contribution in [0.25, 0.3) is 0 Å². The summed E-state index contributed by atoms with van der Waals surface area (Å²) in [5.41, 5.74) is -0.0816. The summed E-state index contributed by atoms with van der Waals surface area (Å²) >= 11 is 3.06. The van der Waals surface area contributed by atoms with Crippen molar-refractivity contribution in [1.29, 1.82) is 0 Å². The summed E-state index contributed by atoms with van der Waals surface area (Å²) in [4.78, 5) is 37.8. The number of nitrogens with one attached hydrogen (secondary N) is 2. The lowest BCUT2D eigenvalue weighted by atomic mass is 9.91. The van der Waals surface area contributed by atoms with E-state index < -0.39 is 17.8 Å². The number of H-pyrrole nitrogens is 1. The monoisotopic (exact) mass is 342 g/mol. The van der Waals surface area contributed by atoms with Crippen LogP contribution in [0.5, 0.6) is 0 Å². The van der Waals surface area contributed by atoms with Crippen LogP contribution in [0.1, 0.15) is 29.6 Å². The van der Waals surface area contributed by atoms with E-state index >= 15 is 0 Å². The second-order valence-electron chi connectivity index (χ2n) is 4.68. The summed E-state index contributed by atoms with van der Waals surface area (Å²) in [7, 11) is 1.24. The first kappa shape index (κ1) is 14.9. The zero-order valence-electron chi connectivity index (χ0n) is 10.9. The van der Waals surface area contributed by atoms with Crippen molar-refractivity contribution in [2.75, 3.05) is 7.11 Å². The maximum atomic E-state index is 12.4. The van der Waals surface area contributed by atoms with Crippen molar-refractivity contribution >= 4 is 27.7 Å². The fraction of sp³-hybridized carbons (Fsp3) is 0.462. The van der Waals surface area contributed by atoms with Crippen LogP contribution in [0.15, 0.2) is 21.5 Å². The molecule has 0 saturated heterocycles. The van der Waals surface area contributed by atoms with Gasteiger partial charge in [-0.2, -0.15) is 0 Å². The van der Waals surface area contributed by atoms with Crippen molar-refractivity contribution in [3.63, 3.8) is 0 Å². The van der Waals surface area contributed by atoms with E-state index in [2.05, 4.69) is 31.0 Å². The highest BCUT2D eigenvalue weighted by atomic mass is 79.9. The molecule has 7 heteroatoms. The molecule has 1 aromatic rings. The Labute approximate surface area is 124 Å². The van der Waals surface area contributed by atoms with E-state index in [4.69, 9.17) is 0 Å². The molecule has 0 aromatic carbocycles. The molecular weight excluding hydrogens is 328 g/mol. The molecule has 2 N–H and O–H groups in total. The highest BCUT2D eigenvalue weighted by Gasteiger charge is 2.32. The topological polar surface area (TPSA) is 88.3 Å². The third-order valence-corrected chi connectivity index (χ3v) is 3.94. The average Bonchev–Trinajstić information content (AvgIpc) is 2.39. The lowest BCUT2D eigenvalue weighted by Gasteiger charge is -2.29. The zero-order chi connectivity index (χ0) is 14.7. The Kier molecular flexibility index (Phi) is 4.72. The summed E-state index contributed by atoms with van der Waals surface area (Å²) in [6, 6.07) is 0.525. The Morgan fingerprint density at radius 3 is 2.70 bits per heavy atom. The Balaban J connectivity index is 2.21. The summed E-state index contributed by atoms with van der Waals surface area (Å²) in [6.45, 7) is 0. The molecule has 1 aliphatic rings. The molecule has 6 nitrogen and oxygen atoms in total. The molecule has 0 aliphatic heterocycles. The van der Waals surface area contributed by atoms with E-state index in [1.807, 2.05) is 0 Å². The number of Topliss-reactive ketones (excluding diaryl/α,β-unsaturated/α-hetero) is 1. The number of pyridine rings is 1. The van der Waals surface area contributed by atoms with Gasteiger partial charge in [-0.05, 0) is 34.8 Å². The molecular formula is C13H15BrN2O4. The number of aromatic amines is 1. The number of aromatic nitrogens is 1. The smallest absolute Gasteiger partial charge is 0.331 e. The highest BCUT2D eigenvalue weighted by molar-refractivity contribution is 9.10. The molecule has 20 heavy (non-hydrogen) atoms. The van der Waals surface area contributed by atoms with Gasteiger partial charge in [-0.3, -0.25) is 14.9 Å². The molecule has 0 spiro atoms. The largest absolute Gasteiger partial charge is 0.468 e. The van der Waals surface area contributed by atoms with Gasteiger partial charge >= 0.3 is 5.97 Å². The summed E-state index contributed by atoms with van der Waals surface area (Å²) in [6.07, 6.45) is 4.27. The molecule has 2 rings (SSSR count). The van der Waals surface area contributed by atoms with E-state index in [9.17, 15) is 14.4 Å². The van der Waals surface area contributed by atoms with E-state index in [1.54, 1.807) is 0 Å². The van der Waals surface area contributed by atoms with Crippen LogP contribution in [-0.2, 0) is 9.53 Å². The van der Waals surface area contributed by atoms with Gasteiger partial charge in [0, 0.05) is 17.8 Å². The first-order valence-electron chi connectivity index (χ1n) is 6.29. The van der Waals surface area contributed by atoms with Crippen LogP contribution in [0.2, 0.25) is 0 Å². The van der Waals surface area contributed by atoms with Crippen molar-refractivity contribution in [2.45, 2.75) is 31.3 Å². The number of ketones is 1. The molecule has 1 aromatic heterocycles. The number of hydrogen-bond acceptors (Lipinski definition) is 5. The Morgan fingerprint density at radius 1 is 1.50 bits per heavy atom. The van der Waals surface area contributed by atoms with Gasteiger partial charge in [0.2, 0.25) is 0 Å². The molecule has 0 radical (unpaired) electrons. The lowest BCUT2D eigenvalue weighted by Crippen LogP contribution is -2.51. The van der Waals surface area contributed by atoms with Crippen LogP contribution < -0.4 is 10.9 Å². The predicted octanol–water partition coefficient (Wildman–Crippen LogP) is 1.00.